The Bertz CT molecular complexity index is 591. The van der Waals surface area contributed by atoms with E-state index in [0.29, 0.717) is 0 Å². The van der Waals surface area contributed by atoms with Crippen molar-refractivity contribution >= 4 is 15.8 Å². The summed E-state index contributed by atoms with van der Waals surface area (Å²) in [6, 6.07) is 0. The molecule has 5 aliphatic carbocycles. The molecule has 0 bridgehead atoms. The summed E-state index contributed by atoms with van der Waals surface area (Å²) < 4.78 is 0. The van der Waals surface area contributed by atoms with Crippen LogP contribution in [0, 0.1) is 5.92 Å². The predicted octanol–water partition coefficient (Wildman–Crippen LogP) is 10.4. The van der Waals surface area contributed by atoms with Crippen LogP contribution in [0.4, 0.5) is 0 Å². The molecule has 2 heteroatoms. The van der Waals surface area contributed by atoms with E-state index in [-0.39, 0.29) is 15.8 Å². The van der Waals surface area contributed by atoms with Crippen LogP contribution < -0.4 is 0 Å². The number of allylic oxidation sites excluding steroid dienone is 4. The molecule has 5 aliphatic rings. The van der Waals surface area contributed by atoms with Crippen LogP contribution in [-0.2, 0) is 0 Å². The van der Waals surface area contributed by atoms with Crippen LogP contribution in [0.3, 0.4) is 0 Å². The van der Waals surface area contributed by atoms with Gasteiger partial charge in [-0.15, -0.1) is 0 Å². The summed E-state index contributed by atoms with van der Waals surface area (Å²) in [6.07, 6.45) is 41.9. The Kier molecular flexibility index (Phi) is 9.89. The monoisotopic (exact) mass is 486 g/mol. The molecule has 186 valence electrons. The van der Waals surface area contributed by atoms with E-state index >= 15 is 0 Å². The normalized spacial score (nSPS) is 29.3. The first-order chi connectivity index (χ1) is 16.4. The van der Waals surface area contributed by atoms with Crippen molar-refractivity contribution in [3.8, 4) is 0 Å². The zero-order valence-electron chi connectivity index (χ0n) is 21.6. The topological polar surface area (TPSA) is 0 Å². The van der Waals surface area contributed by atoms with E-state index in [2.05, 4.69) is 18.2 Å². The minimum Gasteiger partial charge on any atom is -0.0994 e. The third-order valence-electron chi connectivity index (χ3n) is 10.1. The average Bonchev–Trinajstić information content (AvgIpc) is 3.34. The van der Waals surface area contributed by atoms with Gasteiger partial charge in [0, 0.05) is 5.92 Å². The Morgan fingerprint density at radius 1 is 0.515 bits per heavy atom. The maximum Gasteiger partial charge on any atom is 0.00260 e. The van der Waals surface area contributed by atoms with Gasteiger partial charge >= 0.3 is 0 Å². The van der Waals surface area contributed by atoms with Gasteiger partial charge in [-0.3, -0.25) is 0 Å². The predicted molar refractivity (Wildman–Crippen MR) is 152 cm³/mol. The summed E-state index contributed by atoms with van der Waals surface area (Å²) in [5.41, 5.74) is 6.36. The lowest BCUT2D eigenvalue weighted by atomic mass is 9.99. The van der Waals surface area contributed by atoms with Crippen LogP contribution in [0.15, 0.2) is 23.8 Å². The second-order valence-corrected chi connectivity index (χ2v) is 17.9. The van der Waals surface area contributed by atoms with Crippen LogP contribution in [0.2, 0.25) is 0 Å². The van der Waals surface area contributed by atoms with Gasteiger partial charge in [-0.1, -0.05) is 117 Å². The summed E-state index contributed by atoms with van der Waals surface area (Å²) in [4.78, 5) is 0. The maximum atomic E-state index is 2.67. The highest BCUT2D eigenvalue weighted by Crippen LogP contribution is 2.60. The molecule has 4 fully saturated rings. The Hall–Kier alpha value is 0.340. The molecule has 4 saturated carbocycles. The van der Waals surface area contributed by atoms with Crippen molar-refractivity contribution < 1.29 is 0 Å². The van der Waals surface area contributed by atoms with Gasteiger partial charge in [0.1, 0.15) is 0 Å². The quantitative estimate of drug-likeness (QED) is 0.299. The highest BCUT2D eigenvalue weighted by Gasteiger charge is 2.36. The van der Waals surface area contributed by atoms with Gasteiger partial charge in [-0.2, -0.15) is 0 Å². The molecule has 1 atom stereocenters. The zero-order valence-corrected chi connectivity index (χ0v) is 23.4. The Morgan fingerprint density at radius 3 is 1.33 bits per heavy atom. The van der Waals surface area contributed by atoms with Crippen molar-refractivity contribution in [2.45, 2.75) is 151 Å². The number of rotatable bonds is 8. The molecule has 0 aliphatic heterocycles. The molecule has 0 radical (unpaired) electrons. The van der Waals surface area contributed by atoms with Crippen LogP contribution in [0.25, 0.3) is 0 Å². The first-order valence-electron chi connectivity index (χ1n) is 15.3. The van der Waals surface area contributed by atoms with Crippen LogP contribution in [-0.4, -0.2) is 35.0 Å². The first kappa shape index (κ1) is 25.0. The van der Waals surface area contributed by atoms with E-state index in [0.717, 1.165) is 28.6 Å². The molecule has 0 nitrogen and oxygen atoms in total. The molecule has 1 unspecified atom stereocenters. The lowest BCUT2D eigenvalue weighted by Crippen LogP contribution is -2.26. The molecule has 33 heavy (non-hydrogen) atoms. The average molecular weight is 487 g/mol. The minimum atomic E-state index is 0.210. The van der Waals surface area contributed by atoms with E-state index in [9.17, 15) is 0 Å². The molecule has 0 aromatic carbocycles. The molecule has 0 heterocycles. The zero-order chi connectivity index (χ0) is 22.3. The maximum absolute atomic E-state index is 2.67. The molecule has 0 spiro atoms. The van der Waals surface area contributed by atoms with Crippen LogP contribution in [0.1, 0.15) is 128 Å². The van der Waals surface area contributed by atoms with Gasteiger partial charge in [0.2, 0.25) is 0 Å². The van der Waals surface area contributed by atoms with E-state index < -0.39 is 0 Å². The van der Waals surface area contributed by atoms with Crippen molar-refractivity contribution in [3.05, 3.63) is 23.8 Å². The largest absolute Gasteiger partial charge is 0.0994 e. The van der Waals surface area contributed by atoms with Crippen molar-refractivity contribution in [1.82, 2.24) is 0 Å². The van der Waals surface area contributed by atoms with E-state index in [1.165, 1.54) is 83.2 Å². The fourth-order valence-electron chi connectivity index (χ4n) is 8.15. The van der Waals surface area contributed by atoms with Crippen LogP contribution in [0.5, 0.6) is 0 Å². The molecule has 5 rings (SSSR count). The van der Waals surface area contributed by atoms with Gasteiger partial charge in [-0.25, -0.2) is 0 Å². The van der Waals surface area contributed by atoms with E-state index in [4.69, 9.17) is 0 Å². The molecule has 0 saturated heterocycles. The highest BCUT2D eigenvalue weighted by molar-refractivity contribution is 7.59. The molecule has 0 aromatic rings. The van der Waals surface area contributed by atoms with Gasteiger partial charge in [-0.05, 0) is 86.3 Å². The van der Waals surface area contributed by atoms with E-state index in [1.807, 2.05) is 5.57 Å². The second-order valence-electron chi connectivity index (χ2n) is 12.3. The third-order valence-corrected chi connectivity index (χ3v) is 17.4. The lowest BCUT2D eigenvalue weighted by molar-refractivity contribution is 0.482. The van der Waals surface area contributed by atoms with Gasteiger partial charge in [0.25, 0.3) is 0 Å². The lowest BCUT2D eigenvalue weighted by Gasteiger charge is -2.41. The fourth-order valence-corrected chi connectivity index (χ4v) is 16.1. The van der Waals surface area contributed by atoms with Crippen molar-refractivity contribution in [1.29, 1.82) is 0 Å². The molecule has 0 aromatic heterocycles. The number of hydrogen-bond donors (Lipinski definition) is 0. The Balaban J connectivity index is 1.28. The summed E-state index contributed by atoms with van der Waals surface area (Å²) in [5, 5.41) is 0. The van der Waals surface area contributed by atoms with Crippen molar-refractivity contribution in [2.75, 3.05) is 12.3 Å². The number of hydrogen-bond acceptors (Lipinski definition) is 0. The first-order valence-corrected chi connectivity index (χ1v) is 18.6. The van der Waals surface area contributed by atoms with Crippen molar-refractivity contribution in [3.63, 3.8) is 0 Å². The smallest absolute Gasteiger partial charge is 0.00260 e. The van der Waals surface area contributed by atoms with Crippen LogP contribution >= 0.6 is 15.8 Å². The molecule has 0 amide bonds. The third kappa shape index (κ3) is 6.76. The molecular formula is C31H52P2. The van der Waals surface area contributed by atoms with Gasteiger partial charge in [0.15, 0.2) is 0 Å². The summed E-state index contributed by atoms with van der Waals surface area (Å²) in [5.74, 6) is 0.831. The summed E-state index contributed by atoms with van der Waals surface area (Å²) >= 11 is 0. The molecular weight excluding hydrogens is 434 g/mol. The SMILES string of the molecule is C1=CC(CP(C2CCCCC2)C2CCCCC2)C(CP(C2CCCCC2)C2CCCCC2)=C1. The molecule has 0 N–H and O–H groups in total. The van der Waals surface area contributed by atoms with E-state index in [1.54, 1.807) is 57.5 Å². The minimum absolute atomic E-state index is 0.210. The standard InChI is InChI=1S/C31H52P2/c1-5-16-28(17-6-1)32(29-18-7-2-8-19-29)24-26-14-13-15-27(26)25-33(30-20-9-3-10-21-30)31-22-11-4-12-23-31/h13-15,26,28-31H,1-12,16-25H2. The van der Waals surface area contributed by atoms with Gasteiger partial charge in [0.05, 0.1) is 0 Å². The van der Waals surface area contributed by atoms with Gasteiger partial charge < -0.3 is 0 Å². The summed E-state index contributed by atoms with van der Waals surface area (Å²) in [7, 11) is 0.437. The Labute approximate surface area is 208 Å². The van der Waals surface area contributed by atoms with Crippen molar-refractivity contribution in [2.24, 2.45) is 5.92 Å². The highest BCUT2D eigenvalue weighted by atomic mass is 31.1. The Morgan fingerprint density at radius 2 is 0.909 bits per heavy atom. The second kappa shape index (κ2) is 13.0. The summed E-state index contributed by atoms with van der Waals surface area (Å²) in [6.45, 7) is 0. The fraction of sp³-hybridized carbons (Fsp3) is 0.871.